The molecule has 2 N–H and O–H groups in total. The average Bonchev–Trinajstić information content (AvgIpc) is 3.29. The number of ether oxygens (including phenoxy) is 1. The highest BCUT2D eigenvalue weighted by Crippen LogP contribution is 2.32. The number of aromatic nitrogens is 4. The number of aromatic amines is 1. The maximum Gasteiger partial charge on any atom is 0.214 e. The zero-order chi connectivity index (χ0) is 17.7. The molecule has 3 aromatic heterocycles. The number of H-pyrrole nitrogens is 1. The van der Waals surface area contributed by atoms with Gasteiger partial charge in [0, 0.05) is 18.2 Å². The van der Waals surface area contributed by atoms with Crippen molar-refractivity contribution in [3.63, 3.8) is 0 Å². The molecule has 9 heteroatoms. The van der Waals surface area contributed by atoms with E-state index in [1.807, 2.05) is 12.3 Å². The number of sulfonamides is 1. The van der Waals surface area contributed by atoms with Gasteiger partial charge in [0.2, 0.25) is 10.0 Å². The summed E-state index contributed by atoms with van der Waals surface area (Å²) >= 11 is 0. The SMILES string of the molecule is O=S(=O)(NCc1nc2cnc3[nH]ccc3c2n1[C@H]1CCCOC1)C1CC1. The predicted octanol–water partition coefficient (Wildman–Crippen LogP) is 1.85. The number of hydrogen-bond acceptors (Lipinski definition) is 5. The van der Waals surface area contributed by atoms with Crippen molar-refractivity contribution in [1.29, 1.82) is 0 Å². The summed E-state index contributed by atoms with van der Waals surface area (Å²) in [4.78, 5) is 12.3. The van der Waals surface area contributed by atoms with Crippen LogP contribution in [0.2, 0.25) is 0 Å². The van der Waals surface area contributed by atoms with Crippen LogP contribution in [0.4, 0.5) is 0 Å². The molecule has 2 fully saturated rings. The van der Waals surface area contributed by atoms with Crippen LogP contribution in [0.5, 0.6) is 0 Å². The Labute approximate surface area is 151 Å². The van der Waals surface area contributed by atoms with Crippen LogP contribution in [-0.2, 0) is 21.3 Å². The molecule has 0 unspecified atom stereocenters. The first-order valence-corrected chi connectivity index (χ1v) is 10.6. The minimum absolute atomic E-state index is 0.148. The van der Waals surface area contributed by atoms with Gasteiger partial charge in [-0.25, -0.2) is 23.1 Å². The van der Waals surface area contributed by atoms with Crippen LogP contribution >= 0.6 is 0 Å². The van der Waals surface area contributed by atoms with Gasteiger partial charge in [0.15, 0.2) is 0 Å². The van der Waals surface area contributed by atoms with Crippen LogP contribution in [0.3, 0.4) is 0 Å². The summed E-state index contributed by atoms with van der Waals surface area (Å²) in [6.07, 6.45) is 7.07. The van der Waals surface area contributed by atoms with Gasteiger partial charge in [-0.1, -0.05) is 0 Å². The predicted molar refractivity (Wildman–Crippen MR) is 97.3 cm³/mol. The minimum atomic E-state index is -3.26. The van der Waals surface area contributed by atoms with Gasteiger partial charge in [-0.3, -0.25) is 0 Å². The van der Waals surface area contributed by atoms with Crippen molar-refractivity contribution in [2.24, 2.45) is 0 Å². The molecule has 5 rings (SSSR count). The van der Waals surface area contributed by atoms with Crippen molar-refractivity contribution in [3.05, 3.63) is 24.3 Å². The Bertz CT molecular complexity index is 1060. The van der Waals surface area contributed by atoms with Crippen LogP contribution in [0.25, 0.3) is 22.1 Å². The Morgan fingerprint density at radius 3 is 3.00 bits per heavy atom. The monoisotopic (exact) mass is 375 g/mol. The zero-order valence-corrected chi connectivity index (χ0v) is 15.1. The molecule has 1 aliphatic heterocycles. The number of nitrogens with one attached hydrogen (secondary N) is 2. The average molecular weight is 375 g/mol. The van der Waals surface area contributed by atoms with Gasteiger partial charge in [-0.2, -0.15) is 0 Å². The summed E-state index contributed by atoms with van der Waals surface area (Å²) in [5.74, 6) is 0.718. The van der Waals surface area contributed by atoms with E-state index in [2.05, 4.69) is 19.3 Å². The Morgan fingerprint density at radius 1 is 1.35 bits per heavy atom. The van der Waals surface area contributed by atoms with Crippen LogP contribution in [-0.4, -0.2) is 46.4 Å². The Hall–Kier alpha value is -1.97. The van der Waals surface area contributed by atoms with Crippen molar-refractivity contribution in [1.82, 2.24) is 24.2 Å². The molecular weight excluding hydrogens is 354 g/mol. The smallest absolute Gasteiger partial charge is 0.214 e. The van der Waals surface area contributed by atoms with Gasteiger partial charge >= 0.3 is 0 Å². The van der Waals surface area contributed by atoms with E-state index >= 15 is 0 Å². The van der Waals surface area contributed by atoms with Crippen LogP contribution in [0.1, 0.15) is 37.5 Å². The molecule has 0 radical (unpaired) electrons. The zero-order valence-electron chi connectivity index (χ0n) is 14.3. The van der Waals surface area contributed by atoms with E-state index in [9.17, 15) is 8.42 Å². The molecule has 0 aromatic carbocycles. The second-order valence-electron chi connectivity index (χ2n) is 7.07. The number of fused-ring (bicyclic) bond motifs is 3. The number of imidazole rings is 1. The first-order valence-electron chi connectivity index (χ1n) is 9.02. The fourth-order valence-corrected chi connectivity index (χ4v) is 5.07. The molecule has 0 bridgehead atoms. The van der Waals surface area contributed by atoms with E-state index in [4.69, 9.17) is 9.72 Å². The van der Waals surface area contributed by atoms with Gasteiger partial charge in [-0.15, -0.1) is 0 Å². The van der Waals surface area contributed by atoms with E-state index in [1.165, 1.54) is 0 Å². The highest BCUT2D eigenvalue weighted by molar-refractivity contribution is 7.90. The van der Waals surface area contributed by atoms with E-state index in [-0.39, 0.29) is 17.8 Å². The highest BCUT2D eigenvalue weighted by Gasteiger charge is 2.36. The molecule has 1 saturated heterocycles. The first-order chi connectivity index (χ1) is 12.6. The molecular formula is C17H21N5O3S. The fraction of sp³-hybridized carbons (Fsp3) is 0.529. The highest BCUT2D eigenvalue weighted by atomic mass is 32.2. The van der Waals surface area contributed by atoms with Gasteiger partial charge in [0.25, 0.3) is 0 Å². The summed E-state index contributed by atoms with van der Waals surface area (Å²) in [6.45, 7) is 1.58. The largest absolute Gasteiger partial charge is 0.379 e. The van der Waals surface area contributed by atoms with E-state index in [1.54, 1.807) is 6.20 Å². The van der Waals surface area contributed by atoms with E-state index in [0.29, 0.717) is 6.61 Å². The third-order valence-corrected chi connectivity index (χ3v) is 7.10. The van der Waals surface area contributed by atoms with Crippen molar-refractivity contribution in [2.45, 2.75) is 43.5 Å². The van der Waals surface area contributed by atoms with Gasteiger partial charge in [0.05, 0.1) is 36.2 Å². The molecule has 1 atom stereocenters. The topological polar surface area (TPSA) is 102 Å². The number of rotatable bonds is 5. The lowest BCUT2D eigenvalue weighted by atomic mass is 10.1. The lowest BCUT2D eigenvalue weighted by molar-refractivity contribution is 0.0596. The molecule has 4 heterocycles. The summed E-state index contributed by atoms with van der Waals surface area (Å²) in [6, 6.07) is 2.14. The summed E-state index contributed by atoms with van der Waals surface area (Å²) in [5.41, 5.74) is 2.58. The van der Waals surface area contributed by atoms with Gasteiger partial charge in [0.1, 0.15) is 17.0 Å². The normalized spacial score (nSPS) is 21.6. The Kier molecular flexibility index (Phi) is 3.77. The summed E-state index contributed by atoms with van der Waals surface area (Å²) < 4.78 is 35.1. The van der Waals surface area contributed by atoms with Crippen LogP contribution in [0, 0.1) is 0 Å². The lowest BCUT2D eigenvalue weighted by Crippen LogP contribution is -2.30. The second-order valence-corrected chi connectivity index (χ2v) is 9.11. The molecule has 1 aliphatic carbocycles. The number of hydrogen-bond donors (Lipinski definition) is 2. The molecule has 0 spiro atoms. The quantitative estimate of drug-likeness (QED) is 0.708. The molecule has 1 saturated carbocycles. The summed E-state index contributed by atoms with van der Waals surface area (Å²) in [7, 11) is -3.26. The molecule has 0 amide bonds. The number of pyridine rings is 1. The van der Waals surface area contributed by atoms with Crippen molar-refractivity contribution >= 4 is 32.1 Å². The van der Waals surface area contributed by atoms with Gasteiger partial charge < -0.3 is 14.3 Å². The molecule has 2 aliphatic rings. The first kappa shape index (κ1) is 16.2. The van der Waals surface area contributed by atoms with Crippen molar-refractivity contribution in [3.8, 4) is 0 Å². The van der Waals surface area contributed by atoms with E-state index < -0.39 is 10.0 Å². The fourth-order valence-electron chi connectivity index (χ4n) is 3.75. The third-order valence-electron chi connectivity index (χ3n) is 5.20. The Balaban J connectivity index is 1.61. The number of nitrogens with zero attached hydrogens (tertiary/aromatic N) is 3. The second kappa shape index (κ2) is 6.04. The molecule has 3 aromatic rings. The summed E-state index contributed by atoms with van der Waals surface area (Å²) in [5, 5.41) is 0.758. The lowest BCUT2D eigenvalue weighted by Gasteiger charge is -2.26. The van der Waals surface area contributed by atoms with Gasteiger partial charge in [-0.05, 0) is 31.7 Å². The third kappa shape index (κ3) is 2.70. The van der Waals surface area contributed by atoms with Crippen LogP contribution in [0.15, 0.2) is 18.5 Å². The standard InChI is InChI=1S/C17H21N5O3S/c23-26(24,12-3-4-12)20-9-15-21-14-8-19-17-13(5-6-18-17)16(14)22(15)11-2-1-7-25-10-11/h5-6,8,11-12,20H,1-4,7,9-10H2,(H,18,19)/t11-/m0/s1. The van der Waals surface area contributed by atoms with Crippen molar-refractivity contribution in [2.75, 3.05) is 13.2 Å². The molecule has 138 valence electrons. The van der Waals surface area contributed by atoms with Crippen LogP contribution < -0.4 is 4.72 Å². The maximum absolute atomic E-state index is 12.2. The molecule has 26 heavy (non-hydrogen) atoms. The molecule has 8 nitrogen and oxygen atoms in total. The Morgan fingerprint density at radius 2 is 2.23 bits per heavy atom. The van der Waals surface area contributed by atoms with E-state index in [0.717, 1.165) is 60.2 Å². The maximum atomic E-state index is 12.2. The van der Waals surface area contributed by atoms with Crippen molar-refractivity contribution < 1.29 is 13.2 Å². The minimum Gasteiger partial charge on any atom is -0.379 e.